The van der Waals surface area contributed by atoms with E-state index in [4.69, 9.17) is 5.73 Å². The summed E-state index contributed by atoms with van der Waals surface area (Å²) in [5, 5.41) is 10.2. The lowest BCUT2D eigenvalue weighted by Crippen LogP contribution is -2.12. The van der Waals surface area contributed by atoms with Crippen LogP contribution in [-0.4, -0.2) is 10.1 Å². The van der Waals surface area contributed by atoms with E-state index in [2.05, 4.69) is 4.98 Å². The Balaban J connectivity index is 2.56. The Labute approximate surface area is 118 Å². The number of pyridine rings is 1. The van der Waals surface area contributed by atoms with Crippen molar-refractivity contribution in [3.63, 3.8) is 0 Å². The van der Waals surface area contributed by atoms with Gasteiger partial charge < -0.3 is 10.8 Å². The highest BCUT2D eigenvalue weighted by atomic mass is 19.4. The number of nitrogens with two attached hydrogens (primary N) is 1. The summed E-state index contributed by atoms with van der Waals surface area (Å²) in [5.74, 6) is -1.00. The van der Waals surface area contributed by atoms with Crippen LogP contribution in [-0.2, 0) is 6.18 Å². The molecule has 3 nitrogen and oxygen atoms in total. The van der Waals surface area contributed by atoms with Crippen molar-refractivity contribution in [2.24, 2.45) is 0 Å². The summed E-state index contributed by atoms with van der Waals surface area (Å²) in [6.45, 7) is 1.60. The summed E-state index contributed by atoms with van der Waals surface area (Å²) in [6.07, 6.45) is -4.86. The highest BCUT2D eigenvalue weighted by molar-refractivity contribution is 5.49. The van der Waals surface area contributed by atoms with E-state index < -0.39 is 29.2 Å². The van der Waals surface area contributed by atoms with Crippen molar-refractivity contribution in [3.05, 3.63) is 58.5 Å². The number of hydrogen-bond acceptors (Lipinski definition) is 3. The van der Waals surface area contributed by atoms with Gasteiger partial charge in [0.25, 0.3) is 0 Å². The van der Waals surface area contributed by atoms with Crippen LogP contribution in [0.25, 0.3) is 0 Å². The van der Waals surface area contributed by atoms with Gasteiger partial charge in [0.05, 0.1) is 5.56 Å². The van der Waals surface area contributed by atoms with Gasteiger partial charge in [-0.3, -0.25) is 0 Å². The molecule has 0 aliphatic carbocycles. The molecule has 1 unspecified atom stereocenters. The molecule has 0 fully saturated rings. The zero-order valence-corrected chi connectivity index (χ0v) is 10.9. The molecule has 0 aliphatic rings. The molecule has 0 radical (unpaired) electrons. The number of benzene rings is 1. The van der Waals surface area contributed by atoms with Crippen molar-refractivity contribution in [2.45, 2.75) is 19.2 Å². The number of anilines is 1. The number of aromatic nitrogens is 1. The van der Waals surface area contributed by atoms with E-state index in [9.17, 15) is 22.7 Å². The molecular weight excluding hydrogens is 288 g/mol. The number of aliphatic hydroxyl groups excluding tert-OH is 1. The largest absolute Gasteiger partial charge is 0.416 e. The molecule has 0 spiro atoms. The van der Waals surface area contributed by atoms with Gasteiger partial charge in [0.1, 0.15) is 17.7 Å². The summed E-state index contributed by atoms with van der Waals surface area (Å²) in [5.41, 5.74) is 4.68. The Morgan fingerprint density at radius 3 is 2.48 bits per heavy atom. The summed E-state index contributed by atoms with van der Waals surface area (Å²) < 4.78 is 51.8. The number of aryl methyl sites for hydroxylation is 1. The highest BCUT2D eigenvalue weighted by Crippen LogP contribution is 2.35. The van der Waals surface area contributed by atoms with Gasteiger partial charge in [-0.2, -0.15) is 13.2 Å². The Hall–Kier alpha value is -2.15. The lowest BCUT2D eigenvalue weighted by atomic mass is 9.96. The van der Waals surface area contributed by atoms with E-state index in [1.54, 1.807) is 6.92 Å². The van der Waals surface area contributed by atoms with Crippen LogP contribution in [0.15, 0.2) is 30.5 Å². The third-order valence-corrected chi connectivity index (χ3v) is 3.13. The SMILES string of the molecule is Cc1ccnc(N)c1C(O)c1cc(C(F)(F)F)ccc1F. The molecule has 1 heterocycles. The zero-order chi connectivity index (χ0) is 15.8. The molecule has 112 valence electrons. The number of hydrogen-bond donors (Lipinski definition) is 2. The second kappa shape index (κ2) is 5.33. The molecule has 1 aromatic heterocycles. The van der Waals surface area contributed by atoms with Crippen LogP contribution in [0.1, 0.15) is 28.4 Å². The van der Waals surface area contributed by atoms with E-state index >= 15 is 0 Å². The summed E-state index contributed by atoms with van der Waals surface area (Å²) in [7, 11) is 0. The van der Waals surface area contributed by atoms with Crippen molar-refractivity contribution in [1.82, 2.24) is 4.98 Å². The normalized spacial score (nSPS) is 13.2. The first kappa shape index (κ1) is 15.2. The molecule has 1 aromatic carbocycles. The molecule has 2 rings (SSSR count). The molecular formula is C14H12F4N2O. The van der Waals surface area contributed by atoms with E-state index in [-0.39, 0.29) is 11.4 Å². The first-order valence-electron chi connectivity index (χ1n) is 5.97. The molecule has 21 heavy (non-hydrogen) atoms. The van der Waals surface area contributed by atoms with E-state index in [0.717, 1.165) is 0 Å². The minimum atomic E-state index is -4.63. The van der Waals surface area contributed by atoms with Gasteiger partial charge in [-0.25, -0.2) is 9.37 Å². The monoisotopic (exact) mass is 300 g/mol. The van der Waals surface area contributed by atoms with Gasteiger partial charge in [-0.15, -0.1) is 0 Å². The van der Waals surface area contributed by atoms with Crippen LogP contribution in [0, 0.1) is 12.7 Å². The average Bonchev–Trinajstić information content (AvgIpc) is 2.37. The number of nitrogens with zero attached hydrogens (tertiary/aromatic N) is 1. The zero-order valence-electron chi connectivity index (χ0n) is 10.9. The second-order valence-corrected chi connectivity index (χ2v) is 4.56. The summed E-state index contributed by atoms with van der Waals surface area (Å²) in [6, 6.07) is 3.39. The van der Waals surface area contributed by atoms with Crippen molar-refractivity contribution in [3.8, 4) is 0 Å². The first-order chi connectivity index (χ1) is 9.71. The minimum Gasteiger partial charge on any atom is -0.383 e. The van der Waals surface area contributed by atoms with Gasteiger partial charge in [0.15, 0.2) is 0 Å². The third kappa shape index (κ3) is 2.97. The summed E-state index contributed by atoms with van der Waals surface area (Å²) >= 11 is 0. The van der Waals surface area contributed by atoms with Gasteiger partial charge >= 0.3 is 6.18 Å². The van der Waals surface area contributed by atoms with Gasteiger partial charge in [-0.05, 0) is 36.8 Å². The number of aliphatic hydroxyl groups is 1. The number of halogens is 4. The van der Waals surface area contributed by atoms with Gasteiger partial charge in [0.2, 0.25) is 0 Å². The number of nitrogen functional groups attached to an aromatic ring is 1. The van der Waals surface area contributed by atoms with Crippen LogP contribution in [0.5, 0.6) is 0 Å². The van der Waals surface area contributed by atoms with Crippen LogP contribution >= 0.6 is 0 Å². The second-order valence-electron chi connectivity index (χ2n) is 4.56. The van der Waals surface area contributed by atoms with E-state index in [1.807, 2.05) is 0 Å². The predicted octanol–water partition coefficient (Wildman–Crippen LogP) is 3.21. The van der Waals surface area contributed by atoms with Crippen LogP contribution in [0.2, 0.25) is 0 Å². The van der Waals surface area contributed by atoms with Crippen molar-refractivity contribution in [1.29, 1.82) is 0 Å². The molecule has 0 aliphatic heterocycles. The van der Waals surface area contributed by atoms with Crippen molar-refractivity contribution in [2.75, 3.05) is 5.73 Å². The molecule has 1 atom stereocenters. The lowest BCUT2D eigenvalue weighted by molar-refractivity contribution is -0.137. The Bertz CT molecular complexity index is 650. The predicted molar refractivity (Wildman–Crippen MR) is 68.9 cm³/mol. The minimum absolute atomic E-state index is 0.0562. The first-order valence-corrected chi connectivity index (χ1v) is 5.97. The summed E-state index contributed by atoms with van der Waals surface area (Å²) in [4.78, 5) is 3.76. The van der Waals surface area contributed by atoms with Crippen molar-refractivity contribution < 1.29 is 22.7 Å². The topological polar surface area (TPSA) is 59.1 Å². The Morgan fingerprint density at radius 1 is 1.24 bits per heavy atom. The number of alkyl halides is 3. The molecule has 0 amide bonds. The fourth-order valence-corrected chi connectivity index (χ4v) is 2.03. The van der Waals surface area contributed by atoms with E-state index in [0.29, 0.717) is 23.8 Å². The molecule has 0 saturated heterocycles. The highest BCUT2D eigenvalue weighted by Gasteiger charge is 2.32. The molecule has 2 aromatic rings. The molecule has 7 heteroatoms. The smallest absolute Gasteiger partial charge is 0.383 e. The van der Waals surface area contributed by atoms with Crippen molar-refractivity contribution >= 4 is 5.82 Å². The third-order valence-electron chi connectivity index (χ3n) is 3.13. The maximum Gasteiger partial charge on any atom is 0.416 e. The molecule has 0 saturated carbocycles. The average molecular weight is 300 g/mol. The van der Waals surface area contributed by atoms with Crippen LogP contribution in [0.3, 0.4) is 0 Å². The number of rotatable bonds is 2. The molecule has 3 N–H and O–H groups in total. The maximum absolute atomic E-state index is 13.8. The fourth-order valence-electron chi connectivity index (χ4n) is 2.03. The quantitative estimate of drug-likeness (QED) is 0.837. The van der Waals surface area contributed by atoms with Gasteiger partial charge in [0, 0.05) is 17.3 Å². The molecule has 0 bridgehead atoms. The van der Waals surface area contributed by atoms with Gasteiger partial charge in [-0.1, -0.05) is 0 Å². The maximum atomic E-state index is 13.8. The lowest BCUT2D eigenvalue weighted by Gasteiger charge is -2.18. The van der Waals surface area contributed by atoms with Crippen LogP contribution < -0.4 is 5.73 Å². The van der Waals surface area contributed by atoms with E-state index in [1.165, 1.54) is 12.3 Å². The standard InChI is InChI=1S/C14H12F4N2O/c1-7-4-5-20-13(19)11(7)12(21)9-6-8(14(16,17)18)2-3-10(9)15/h2-6,12,21H,1H3,(H2,19,20). The fraction of sp³-hybridized carbons (Fsp3) is 0.214. The Kier molecular flexibility index (Phi) is 3.87. The van der Waals surface area contributed by atoms with Crippen LogP contribution in [0.4, 0.5) is 23.4 Å². The Morgan fingerprint density at radius 2 is 1.90 bits per heavy atom.